The monoisotopic (exact) mass is 413 g/mol. The van der Waals surface area contributed by atoms with Crippen molar-refractivity contribution < 1.29 is 14.0 Å². The second-order valence-corrected chi connectivity index (χ2v) is 7.30. The van der Waals surface area contributed by atoms with Crippen molar-refractivity contribution >= 4 is 40.3 Å². The number of hydrogen-bond acceptors (Lipinski definition) is 4. The van der Waals surface area contributed by atoms with Crippen LogP contribution in [0, 0.1) is 11.7 Å². The lowest BCUT2D eigenvalue weighted by atomic mass is 10.0. The third kappa shape index (κ3) is 3.73. The summed E-state index contributed by atoms with van der Waals surface area (Å²) >= 11 is 6.13. The second kappa shape index (κ2) is 7.67. The summed E-state index contributed by atoms with van der Waals surface area (Å²) in [5, 5.41) is 4.71. The highest BCUT2D eigenvalue weighted by atomic mass is 35.5. The van der Waals surface area contributed by atoms with Gasteiger partial charge < -0.3 is 14.7 Å². The molecule has 0 fully saturated rings. The van der Waals surface area contributed by atoms with Crippen LogP contribution >= 0.6 is 11.6 Å². The molecule has 1 aliphatic rings. The molecule has 29 heavy (non-hydrogen) atoms. The molecule has 0 bridgehead atoms. The molecule has 2 aromatic carbocycles. The third-order valence-corrected chi connectivity index (χ3v) is 5.05. The summed E-state index contributed by atoms with van der Waals surface area (Å²) in [6, 6.07) is 12.7. The Morgan fingerprint density at radius 2 is 2.07 bits per heavy atom. The first-order valence-corrected chi connectivity index (χ1v) is 9.38. The zero-order chi connectivity index (χ0) is 20.5. The molecule has 0 spiro atoms. The molecule has 1 amide bonds. The van der Waals surface area contributed by atoms with Gasteiger partial charge in [0.1, 0.15) is 5.82 Å². The summed E-state index contributed by atoms with van der Waals surface area (Å²) in [6.07, 6.45) is 0.774. The van der Waals surface area contributed by atoms with Gasteiger partial charge >= 0.3 is 0 Å². The molecule has 3 aromatic rings. The van der Waals surface area contributed by atoms with Gasteiger partial charge in [-0.3, -0.25) is 9.59 Å². The number of carbonyl (C=O) groups excluding carboxylic acids is 1. The molecule has 2 unspecified atom stereocenters. The number of aromatic amines is 1. The number of H-pyrrole nitrogens is 1. The summed E-state index contributed by atoms with van der Waals surface area (Å²) in [6.45, 7) is 1.86. The van der Waals surface area contributed by atoms with Crippen LogP contribution < -0.4 is 10.5 Å². The van der Waals surface area contributed by atoms with Crippen LogP contribution in [-0.4, -0.2) is 23.2 Å². The Kier molecular flexibility index (Phi) is 5.07. The van der Waals surface area contributed by atoms with E-state index >= 15 is 0 Å². The number of carbonyl (C=O) groups is 1. The van der Waals surface area contributed by atoms with Gasteiger partial charge in [0.25, 0.3) is 5.91 Å². The van der Waals surface area contributed by atoms with Crippen LogP contribution in [0.25, 0.3) is 10.9 Å². The standard InChI is InChI=1S/C21H17ClFN3O3/c1-12-10-24-29-20(12)21(28)26(15-5-2-4-14(22)9-15)11-13-8-18(27)25-19-16(13)6-3-7-17(19)23/h2-10,12,20H,11H2,1H3,(H,25,27). The summed E-state index contributed by atoms with van der Waals surface area (Å²) in [5.41, 5.74) is 0.686. The van der Waals surface area contributed by atoms with Crippen molar-refractivity contribution in [3.8, 4) is 0 Å². The maximum atomic E-state index is 14.2. The molecule has 8 heteroatoms. The predicted octanol–water partition coefficient (Wildman–Crippen LogP) is 3.87. The largest absolute Gasteiger partial charge is 0.382 e. The minimum atomic E-state index is -0.793. The number of nitrogens with zero attached hydrogens (tertiary/aromatic N) is 2. The number of amides is 1. The molecule has 4 rings (SSSR count). The predicted molar refractivity (Wildman–Crippen MR) is 110 cm³/mol. The molecule has 148 valence electrons. The first-order chi connectivity index (χ1) is 13.9. The van der Waals surface area contributed by atoms with Crippen LogP contribution in [-0.2, 0) is 16.2 Å². The molecule has 6 nitrogen and oxygen atoms in total. The van der Waals surface area contributed by atoms with Crippen molar-refractivity contribution in [2.75, 3.05) is 4.90 Å². The molecule has 1 aromatic heterocycles. The quantitative estimate of drug-likeness (QED) is 0.705. The minimum absolute atomic E-state index is 0.0373. The van der Waals surface area contributed by atoms with Gasteiger partial charge in [-0.1, -0.05) is 41.9 Å². The highest BCUT2D eigenvalue weighted by molar-refractivity contribution is 6.31. The number of aromatic nitrogens is 1. The number of anilines is 1. The molecule has 2 atom stereocenters. The number of halogens is 2. The van der Waals surface area contributed by atoms with Crippen LogP contribution in [0.4, 0.5) is 10.1 Å². The molecule has 0 saturated carbocycles. The van der Waals surface area contributed by atoms with E-state index in [1.165, 1.54) is 17.0 Å². The SMILES string of the molecule is CC1C=NOC1C(=O)N(Cc1cc(=O)[nH]c2c(F)cccc12)c1cccc(Cl)c1. The fourth-order valence-corrected chi connectivity index (χ4v) is 3.53. The summed E-state index contributed by atoms with van der Waals surface area (Å²) in [5.74, 6) is -1.08. The van der Waals surface area contributed by atoms with Gasteiger partial charge in [0.05, 0.1) is 18.3 Å². The average Bonchev–Trinajstić information content (AvgIpc) is 3.12. The van der Waals surface area contributed by atoms with Crippen molar-refractivity contribution in [3.63, 3.8) is 0 Å². The van der Waals surface area contributed by atoms with E-state index in [1.54, 1.807) is 42.6 Å². The number of nitrogens with one attached hydrogen (secondary N) is 1. The Morgan fingerprint density at radius 1 is 1.28 bits per heavy atom. The maximum Gasteiger partial charge on any atom is 0.271 e. The van der Waals surface area contributed by atoms with Crippen molar-refractivity contribution in [3.05, 3.63) is 75.3 Å². The molecule has 2 heterocycles. The number of pyridine rings is 1. The molecule has 1 N–H and O–H groups in total. The van der Waals surface area contributed by atoms with E-state index in [0.717, 1.165) is 0 Å². The van der Waals surface area contributed by atoms with Gasteiger partial charge in [0.2, 0.25) is 11.7 Å². The number of hydrogen-bond donors (Lipinski definition) is 1. The molecule has 1 aliphatic heterocycles. The normalized spacial score (nSPS) is 18.0. The van der Waals surface area contributed by atoms with Crippen molar-refractivity contribution in [1.82, 2.24) is 4.98 Å². The van der Waals surface area contributed by atoms with Crippen LogP contribution in [0.2, 0.25) is 5.02 Å². The van der Waals surface area contributed by atoms with Crippen LogP contribution in [0.5, 0.6) is 0 Å². The van der Waals surface area contributed by atoms with Gasteiger partial charge in [-0.05, 0) is 29.8 Å². The maximum absolute atomic E-state index is 14.2. The smallest absolute Gasteiger partial charge is 0.271 e. The first kappa shape index (κ1) is 19.1. The number of para-hydroxylation sites is 1. The van der Waals surface area contributed by atoms with E-state index in [-0.39, 0.29) is 23.9 Å². The van der Waals surface area contributed by atoms with Crippen LogP contribution in [0.15, 0.2) is 58.5 Å². The lowest BCUT2D eigenvalue weighted by Crippen LogP contribution is -2.41. The topological polar surface area (TPSA) is 74.8 Å². The lowest BCUT2D eigenvalue weighted by Gasteiger charge is -2.27. The second-order valence-electron chi connectivity index (χ2n) is 6.87. The van der Waals surface area contributed by atoms with E-state index in [9.17, 15) is 14.0 Å². The molecule has 0 saturated heterocycles. The first-order valence-electron chi connectivity index (χ1n) is 9.01. The van der Waals surface area contributed by atoms with Gasteiger partial charge in [0.15, 0.2) is 0 Å². The summed E-state index contributed by atoms with van der Waals surface area (Å²) < 4.78 is 14.2. The Bertz CT molecular complexity index is 1180. The molecule has 0 aliphatic carbocycles. The van der Waals surface area contributed by atoms with E-state index in [1.807, 2.05) is 6.92 Å². The molecular weight excluding hydrogens is 397 g/mol. The minimum Gasteiger partial charge on any atom is -0.382 e. The highest BCUT2D eigenvalue weighted by Crippen LogP contribution is 2.27. The van der Waals surface area contributed by atoms with Gasteiger partial charge in [-0.2, -0.15) is 0 Å². The average molecular weight is 414 g/mol. The number of oxime groups is 1. The summed E-state index contributed by atoms with van der Waals surface area (Å²) in [4.78, 5) is 34.6. The fraction of sp³-hybridized carbons (Fsp3) is 0.190. The van der Waals surface area contributed by atoms with E-state index in [0.29, 0.717) is 21.7 Å². The van der Waals surface area contributed by atoms with E-state index in [2.05, 4.69) is 10.1 Å². The van der Waals surface area contributed by atoms with E-state index in [4.69, 9.17) is 16.4 Å². The van der Waals surface area contributed by atoms with Crippen LogP contribution in [0.1, 0.15) is 12.5 Å². The Balaban J connectivity index is 1.81. The third-order valence-electron chi connectivity index (χ3n) is 4.82. The Hall–Kier alpha value is -3.19. The number of fused-ring (bicyclic) bond motifs is 1. The Labute approximate surface area is 170 Å². The fourth-order valence-electron chi connectivity index (χ4n) is 3.35. The van der Waals surface area contributed by atoms with Gasteiger partial charge in [-0.15, -0.1) is 0 Å². The lowest BCUT2D eigenvalue weighted by molar-refractivity contribution is -0.130. The van der Waals surface area contributed by atoms with Crippen LogP contribution in [0.3, 0.4) is 0 Å². The van der Waals surface area contributed by atoms with Gasteiger partial charge in [-0.25, -0.2) is 4.39 Å². The zero-order valence-electron chi connectivity index (χ0n) is 15.4. The molecular formula is C21H17ClFN3O3. The number of rotatable bonds is 4. The molecule has 0 radical (unpaired) electrons. The highest BCUT2D eigenvalue weighted by Gasteiger charge is 2.35. The van der Waals surface area contributed by atoms with Crippen molar-refractivity contribution in [2.24, 2.45) is 11.1 Å². The Morgan fingerprint density at radius 3 is 2.79 bits per heavy atom. The van der Waals surface area contributed by atoms with Crippen molar-refractivity contribution in [2.45, 2.75) is 19.6 Å². The van der Waals surface area contributed by atoms with Gasteiger partial charge in [0, 0.05) is 28.1 Å². The number of benzene rings is 2. The summed E-state index contributed by atoms with van der Waals surface area (Å²) in [7, 11) is 0. The van der Waals surface area contributed by atoms with Crippen molar-refractivity contribution in [1.29, 1.82) is 0 Å². The zero-order valence-corrected chi connectivity index (χ0v) is 16.2. The van der Waals surface area contributed by atoms with E-state index < -0.39 is 17.5 Å².